The predicted octanol–water partition coefficient (Wildman–Crippen LogP) is 3.21. The average Bonchev–Trinajstić information content (AvgIpc) is 2.85. The van der Waals surface area contributed by atoms with Gasteiger partial charge in [0.2, 0.25) is 0 Å². The fraction of sp³-hybridized carbons (Fsp3) is 0.250. The van der Waals surface area contributed by atoms with Crippen LogP contribution >= 0.6 is 22.9 Å². The monoisotopic (exact) mass is 370 g/mol. The molecule has 0 aliphatic carbocycles. The smallest absolute Gasteiger partial charge is 0.261 e. The Hall–Kier alpha value is -1.96. The van der Waals surface area contributed by atoms with Gasteiger partial charge in [-0.25, -0.2) is 4.39 Å². The zero-order chi connectivity index (χ0) is 17.9. The molecule has 0 radical (unpaired) electrons. The maximum atomic E-state index is 13.0. The Morgan fingerprint density at radius 2 is 2.04 bits per heavy atom. The fourth-order valence-corrected chi connectivity index (χ4v) is 3.18. The quantitative estimate of drug-likeness (QED) is 0.756. The van der Waals surface area contributed by atoms with Crippen LogP contribution in [0.2, 0.25) is 5.02 Å². The minimum Gasteiger partial charge on any atom is -0.392 e. The second-order valence-electron chi connectivity index (χ2n) is 5.26. The van der Waals surface area contributed by atoms with Crippen LogP contribution in [-0.2, 0) is 0 Å². The van der Waals surface area contributed by atoms with Crippen molar-refractivity contribution in [2.75, 3.05) is 11.9 Å². The van der Waals surface area contributed by atoms with Crippen LogP contribution in [-0.4, -0.2) is 29.6 Å². The Bertz CT molecular complexity index is 777. The van der Waals surface area contributed by atoms with Gasteiger partial charge in [0.15, 0.2) is 0 Å². The number of rotatable bonds is 5. The van der Waals surface area contributed by atoms with Crippen LogP contribution in [0.25, 0.3) is 0 Å². The van der Waals surface area contributed by atoms with E-state index in [1.54, 1.807) is 19.9 Å². The molecule has 3 N–H and O–H groups in total. The second-order valence-corrected chi connectivity index (χ2v) is 6.72. The van der Waals surface area contributed by atoms with Gasteiger partial charge in [-0.15, -0.1) is 11.3 Å². The van der Waals surface area contributed by atoms with Gasteiger partial charge in [0.1, 0.15) is 5.82 Å². The van der Waals surface area contributed by atoms with Gasteiger partial charge in [0.25, 0.3) is 11.8 Å². The van der Waals surface area contributed by atoms with Gasteiger partial charge >= 0.3 is 0 Å². The normalized spacial score (nSPS) is 11.9. The van der Waals surface area contributed by atoms with Gasteiger partial charge in [-0.05, 0) is 43.7 Å². The molecule has 1 atom stereocenters. The molecule has 5 nitrogen and oxygen atoms in total. The molecule has 0 saturated heterocycles. The van der Waals surface area contributed by atoms with Gasteiger partial charge in [-0.1, -0.05) is 11.6 Å². The van der Waals surface area contributed by atoms with E-state index in [2.05, 4.69) is 10.6 Å². The van der Waals surface area contributed by atoms with E-state index < -0.39 is 17.8 Å². The van der Waals surface area contributed by atoms with Crippen molar-refractivity contribution in [3.63, 3.8) is 0 Å². The Morgan fingerprint density at radius 1 is 1.33 bits per heavy atom. The standard InChI is InChI=1S/C16H16ClFN2O3S/c1-8-5-13(24-14(8)16(23)19-7-9(2)21)20-15(22)11-4-3-10(18)6-12(11)17/h3-6,9,21H,7H2,1-2H3,(H,19,23)(H,20,22). The van der Waals surface area contributed by atoms with Gasteiger partial charge < -0.3 is 15.7 Å². The molecule has 1 unspecified atom stereocenters. The van der Waals surface area contributed by atoms with Gasteiger partial charge in [-0.3, -0.25) is 9.59 Å². The first-order chi connectivity index (χ1) is 11.3. The maximum Gasteiger partial charge on any atom is 0.261 e. The molecular weight excluding hydrogens is 355 g/mol. The third-order valence-corrected chi connectivity index (χ3v) is 4.56. The zero-order valence-electron chi connectivity index (χ0n) is 13.0. The van der Waals surface area contributed by atoms with Crippen molar-refractivity contribution >= 4 is 39.8 Å². The molecule has 0 saturated carbocycles. The lowest BCUT2D eigenvalue weighted by Crippen LogP contribution is -2.30. The van der Waals surface area contributed by atoms with Crippen molar-refractivity contribution in [1.29, 1.82) is 0 Å². The molecule has 0 aliphatic heterocycles. The fourth-order valence-electron chi connectivity index (χ4n) is 1.94. The summed E-state index contributed by atoms with van der Waals surface area (Å²) in [4.78, 5) is 24.7. The van der Waals surface area contributed by atoms with Gasteiger partial charge in [0.05, 0.1) is 26.6 Å². The van der Waals surface area contributed by atoms with Crippen LogP contribution in [0.3, 0.4) is 0 Å². The van der Waals surface area contributed by atoms with Crippen LogP contribution < -0.4 is 10.6 Å². The van der Waals surface area contributed by atoms with Crippen LogP contribution in [0.4, 0.5) is 9.39 Å². The van der Waals surface area contributed by atoms with Gasteiger partial charge in [-0.2, -0.15) is 0 Å². The molecular formula is C16H16ClFN2O3S. The maximum absolute atomic E-state index is 13.0. The largest absolute Gasteiger partial charge is 0.392 e. The average molecular weight is 371 g/mol. The van der Waals surface area contributed by atoms with Crippen molar-refractivity contribution in [3.05, 3.63) is 51.1 Å². The van der Waals surface area contributed by atoms with E-state index in [0.717, 1.165) is 23.5 Å². The molecule has 8 heteroatoms. The minimum absolute atomic E-state index is 0.00989. The number of aryl methyl sites for hydroxylation is 1. The molecule has 0 aliphatic rings. The molecule has 1 aromatic carbocycles. The first-order valence-electron chi connectivity index (χ1n) is 7.11. The molecule has 0 bridgehead atoms. The zero-order valence-corrected chi connectivity index (χ0v) is 14.6. The summed E-state index contributed by atoms with van der Waals surface area (Å²) in [6, 6.07) is 5.17. The van der Waals surface area contributed by atoms with Crippen molar-refractivity contribution in [3.8, 4) is 0 Å². The Balaban J connectivity index is 2.12. The van der Waals surface area contributed by atoms with Gasteiger partial charge in [0, 0.05) is 6.54 Å². The third-order valence-electron chi connectivity index (χ3n) is 3.09. The highest BCUT2D eigenvalue weighted by molar-refractivity contribution is 7.18. The molecule has 0 spiro atoms. The number of carbonyl (C=O) groups excluding carboxylic acids is 2. The second kappa shape index (κ2) is 7.74. The van der Waals surface area contributed by atoms with E-state index in [9.17, 15) is 19.1 Å². The van der Waals surface area contributed by atoms with Crippen molar-refractivity contribution in [2.24, 2.45) is 0 Å². The number of carbonyl (C=O) groups is 2. The number of anilines is 1. The first kappa shape index (κ1) is 18.4. The summed E-state index contributed by atoms with van der Waals surface area (Å²) in [7, 11) is 0. The van der Waals surface area contributed by atoms with E-state index in [1.165, 1.54) is 6.07 Å². The van der Waals surface area contributed by atoms with Crippen LogP contribution in [0, 0.1) is 12.7 Å². The van der Waals surface area contributed by atoms with Crippen molar-refractivity contribution in [2.45, 2.75) is 20.0 Å². The van der Waals surface area contributed by atoms with E-state index in [4.69, 9.17) is 11.6 Å². The summed E-state index contributed by atoms with van der Waals surface area (Å²) in [5.74, 6) is -1.34. The summed E-state index contributed by atoms with van der Waals surface area (Å²) >= 11 is 6.97. The van der Waals surface area contributed by atoms with Crippen LogP contribution in [0.5, 0.6) is 0 Å². The van der Waals surface area contributed by atoms with Crippen molar-refractivity contribution < 1.29 is 19.1 Å². The van der Waals surface area contributed by atoms with E-state index in [1.807, 2.05) is 0 Å². The highest BCUT2D eigenvalue weighted by Gasteiger charge is 2.17. The highest BCUT2D eigenvalue weighted by Crippen LogP contribution is 2.28. The topological polar surface area (TPSA) is 78.4 Å². The first-order valence-corrected chi connectivity index (χ1v) is 8.30. The van der Waals surface area contributed by atoms with Crippen molar-refractivity contribution in [1.82, 2.24) is 5.32 Å². The molecule has 1 aromatic heterocycles. The molecule has 1 heterocycles. The lowest BCUT2D eigenvalue weighted by molar-refractivity contribution is 0.0927. The Kier molecular flexibility index (Phi) is 5.93. The summed E-state index contributed by atoms with van der Waals surface area (Å²) in [6.07, 6.45) is -0.644. The molecule has 0 fully saturated rings. The molecule has 24 heavy (non-hydrogen) atoms. The number of thiophene rings is 1. The highest BCUT2D eigenvalue weighted by atomic mass is 35.5. The minimum atomic E-state index is -0.644. The molecule has 2 amide bonds. The van der Waals surface area contributed by atoms with Crippen LogP contribution in [0.1, 0.15) is 32.5 Å². The molecule has 128 valence electrons. The summed E-state index contributed by atoms with van der Waals surface area (Å²) in [6.45, 7) is 3.46. The summed E-state index contributed by atoms with van der Waals surface area (Å²) < 4.78 is 13.0. The number of amides is 2. The number of aliphatic hydroxyl groups excluding tert-OH is 1. The summed E-state index contributed by atoms with van der Waals surface area (Å²) in [5.41, 5.74) is 0.841. The van der Waals surface area contributed by atoms with Crippen LogP contribution in [0.15, 0.2) is 24.3 Å². The molecule has 2 aromatic rings. The Labute approximate surface area is 147 Å². The lowest BCUT2D eigenvalue weighted by atomic mass is 10.2. The van der Waals surface area contributed by atoms with E-state index >= 15 is 0 Å². The number of hydrogen-bond donors (Lipinski definition) is 3. The number of aliphatic hydroxyl groups is 1. The Morgan fingerprint density at radius 3 is 2.67 bits per heavy atom. The SMILES string of the molecule is Cc1cc(NC(=O)c2ccc(F)cc2Cl)sc1C(=O)NCC(C)O. The van der Waals surface area contributed by atoms with E-state index in [-0.39, 0.29) is 23.0 Å². The lowest BCUT2D eigenvalue weighted by Gasteiger charge is -2.06. The number of halogens is 2. The molecule has 2 rings (SSSR count). The van der Waals surface area contributed by atoms with E-state index in [0.29, 0.717) is 15.4 Å². The number of nitrogens with one attached hydrogen (secondary N) is 2. The number of benzene rings is 1. The number of hydrogen-bond acceptors (Lipinski definition) is 4. The third kappa shape index (κ3) is 4.53. The summed E-state index contributed by atoms with van der Waals surface area (Å²) in [5, 5.41) is 14.9. The predicted molar refractivity (Wildman–Crippen MR) is 92.4 cm³/mol.